The Morgan fingerprint density at radius 1 is 1.24 bits per heavy atom. The molecule has 1 aliphatic carbocycles. The van der Waals surface area contributed by atoms with E-state index in [2.05, 4.69) is 32.0 Å². The lowest BCUT2D eigenvalue weighted by Crippen LogP contribution is -2.25. The molecule has 4 nitrogen and oxygen atoms in total. The molecule has 3 rings (SSSR count). The predicted molar refractivity (Wildman–Crippen MR) is 89.1 cm³/mol. The van der Waals surface area contributed by atoms with Crippen molar-refractivity contribution in [1.29, 1.82) is 0 Å². The van der Waals surface area contributed by atoms with Gasteiger partial charge in [-0.3, -0.25) is 0 Å². The Labute approximate surface area is 136 Å². The first-order chi connectivity index (χ1) is 10.0. The quantitative estimate of drug-likeness (QED) is 0.797. The molecule has 1 saturated carbocycles. The molecule has 0 aliphatic heterocycles. The molecular formula is C14H15BrN2O2S2. The Hall–Kier alpha value is -0.890. The fourth-order valence-electron chi connectivity index (χ4n) is 1.88. The fraction of sp³-hybridized carbons (Fsp3) is 0.286. The van der Waals surface area contributed by atoms with Crippen molar-refractivity contribution in [2.75, 3.05) is 5.32 Å². The van der Waals surface area contributed by atoms with E-state index in [9.17, 15) is 8.42 Å². The highest BCUT2D eigenvalue weighted by atomic mass is 79.9. The van der Waals surface area contributed by atoms with E-state index >= 15 is 0 Å². The summed E-state index contributed by atoms with van der Waals surface area (Å²) in [6.07, 6.45) is 1.88. The van der Waals surface area contributed by atoms with Gasteiger partial charge in [0.1, 0.15) is 0 Å². The Balaban J connectivity index is 1.63. The van der Waals surface area contributed by atoms with Crippen molar-refractivity contribution in [3.8, 4) is 0 Å². The molecule has 1 aromatic heterocycles. The van der Waals surface area contributed by atoms with Crippen LogP contribution in [-0.2, 0) is 16.6 Å². The van der Waals surface area contributed by atoms with E-state index in [4.69, 9.17) is 0 Å². The van der Waals surface area contributed by atoms with E-state index < -0.39 is 10.0 Å². The van der Waals surface area contributed by atoms with Crippen LogP contribution in [0.5, 0.6) is 0 Å². The molecule has 21 heavy (non-hydrogen) atoms. The van der Waals surface area contributed by atoms with Gasteiger partial charge in [-0.25, -0.2) is 13.1 Å². The summed E-state index contributed by atoms with van der Waals surface area (Å²) in [7, 11) is -3.36. The molecule has 1 aliphatic rings. The molecule has 1 heterocycles. The maximum absolute atomic E-state index is 12.0. The SMILES string of the molecule is O=S(=O)(NC1CC1)c1ccc(NCc2cc(Br)cs2)cc1. The zero-order valence-electron chi connectivity index (χ0n) is 11.2. The molecule has 1 fully saturated rings. The minimum atomic E-state index is -3.36. The predicted octanol–water partition coefficient (Wildman–Crippen LogP) is 3.56. The number of nitrogens with one attached hydrogen (secondary N) is 2. The number of rotatable bonds is 6. The molecule has 7 heteroatoms. The highest BCUT2D eigenvalue weighted by Crippen LogP contribution is 2.23. The number of benzene rings is 1. The van der Waals surface area contributed by atoms with E-state index in [0.717, 1.165) is 29.5 Å². The number of sulfonamides is 1. The molecule has 0 unspecified atom stereocenters. The van der Waals surface area contributed by atoms with Gasteiger partial charge in [0.25, 0.3) is 0 Å². The third-order valence-electron chi connectivity index (χ3n) is 3.15. The van der Waals surface area contributed by atoms with Gasteiger partial charge < -0.3 is 5.32 Å². The normalized spacial score (nSPS) is 15.1. The van der Waals surface area contributed by atoms with Crippen LogP contribution in [-0.4, -0.2) is 14.5 Å². The molecule has 0 atom stereocenters. The van der Waals surface area contributed by atoms with Crippen molar-refractivity contribution in [3.05, 3.63) is 45.1 Å². The minimum absolute atomic E-state index is 0.130. The molecule has 0 bridgehead atoms. The van der Waals surface area contributed by atoms with Crippen LogP contribution < -0.4 is 10.0 Å². The Morgan fingerprint density at radius 2 is 1.95 bits per heavy atom. The van der Waals surface area contributed by atoms with Gasteiger partial charge >= 0.3 is 0 Å². The van der Waals surface area contributed by atoms with Gasteiger partial charge in [-0.1, -0.05) is 0 Å². The van der Waals surface area contributed by atoms with Gasteiger partial charge in [0, 0.05) is 33.0 Å². The summed E-state index contributed by atoms with van der Waals surface area (Å²) in [6, 6.07) is 9.06. The topological polar surface area (TPSA) is 58.2 Å². The van der Waals surface area contributed by atoms with Crippen molar-refractivity contribution in [2.24, 2.45) is 0 Å². The Bertz CT molecular complexity index is 722. The Kier molecular flexibility index (Phi) is 4.35. The first kappa shape index (κ1) is 15.0. The molecule has 0 radical (unpaired) electrons. The molecule has 0 amide bonds. The van der Waals surface area contributed by atoms with Gasteiger partial charge in [-0.15, -0.1) is 11.3 Å². The number of hydrogen-bond donors (Lipinski definition) is 2. The number of halogens is 1. The summed E-state index contributed by atoms with van der Waals surface area (Å²) in [5.41, 5.74) is 0.907. The first-order valence-electron chi connectivity index (χ1n) is 6.62. The lowest BCUT2D eigenvalue weighted by Gasteiger charge is -2.08. The summed E-state index contributed by atoms with van der Waals surface area (Å²) in [6.45, 7) is 0.725. The smallest absolute Gasteiger partial charge is 0.240 e. The van der Waals surface area contributed by atoms with Crippen LogP contribution >= 0.6 is 27.3 Å². The van der Waals surface area contributed by atoms with Gasteiger partial charge in [0.15, 0.2) is 0 Å². The first-order valence-corrected chi connectivity index (χ1v) is 9.78. The third kappa shape index (κ3) is 4.06. The minimum Gasteiger partial charge on any atom is -0.380 e. The second-order valence-electron chi connectivity index (χ2n) is 5.00. The van der Waals surface area contributed by atoms with Gasteiger partial charge in [-0.05, 0) is 59.1 Å². The van der Waals surface area contributed by atoms with E-state index in [-0.39, 0.29) is 6.04 Å². The van der Waals surface area contributed by atoms with Crippen LogP contribution in [0.3, 0.4) is 0 Å². The molecule has 2 aromatic rings. The van der Waals surface area contributed by atoms with Crippen LogP contribution in [0.2, 0.25) is 0 Å². The average molecular weight is 387 g/mol. The van der Waals surface area contributed by atoms with E-state index in [1.807, 2.05) is 5.38 Å². The lowest BCUT2D eigenvalue weighted by atomic mass is 10.3. The van der Waals surface area contributed by atoms with Crippen LogP contribution in [0.4, 0.5) is 5.69 Å². The van der Waals surface area contributed by atoms with Crippen molar-refractivity contribution >= 4 is 43.0 Å². The fourth-order valence-corrected chi connectivity index (χ4v) is 4.57. The highest BCUT2D eigenvalue weighted by Gasteiger charge is 2.27. The van der Waals surface area contributed by atoms with Gasteiger partial charge in [0.05, 0.1) is 4.90 Å². The van der Waals surface area contributed by atoms with Crippen LogP contribution in [0.15, 0.2) is 45.1 Å². The monoisotopic (exact) mass is 386 g/mol. The molecule has 0 saturated heterocycles. The van der Waals surface area contributed by atoms with E-state index in [0.29, 0.717) is 4.90 Å². The second-order valence-corrected chi connectivity index (χ2v) is 8.63. The molecule has 0 spiro atoms. The average Bonchev–Trinajstić information content (AvgIpc) is 3.16. The standard InChI is InChI=1S/C14H15BrN2O2S2/c15-10-7-13(20-9-10)8-16-11-3-5-14(6-4-11)21(18,19)17-12-1-2-12/h3-7,9,12,16-17H,1-2,8H2. The maximum Gasteiger partial charge on any atom is 0.240 e. The molecule has 112 valence electrons. The number of thiophene rings is 1. The largest absolute Gasteiger partial charge is 0.380 e. The van der Waals surface area contributed by atoms with Crippen molar-refractivity contribution in [3.63, 3.8) is 0 Å². The summed E-state index contributed by atoms with van der Waals surface area (Å²) < 4.78 is 27.8. The second kappa shape index (κ2) is 6.08. The van der Waals surface area contributed by atoms with Crippen molar-refractivity contribution in [2.45, 2.75) is 30.3 Å². The number of anilines is 1. The molecule has 1 aromatic carbocycles. The number of hydrogen-bond acceptors (Lipinski definition) is 4. The Morgan fingerprint density at radius 3 is 2.52 bits per heavy atom. The zero-order chi connectivity index (χ0) is 14.9. The van der Waals surface area contributed by atoms with Gasteiger partial charge in [0.2, 0.25) is 10.0 Å². The van der Waals surface area contributed by atoms with E-state index in [1.165, 1.54) is 4.88 Å². The summed E-state index contributed by atoms with van der Waals surface area (Å²) in [4.78, 5) is 1.53. The van der Waals surface area contributed by atoms with Gasteiger partial charge in [-0.2, -0.15) is 0 Å². The van der Waals surface area contributed by atoms with Crippen LogP contribution in [0, 0.1) is 0 Å². The van der Waals surface area contributed by atoms with Crippen LogP contribution in [0.25, 0.3) is 0 Å². The molecule has 2 N–H and O–H groups in total. The highest BCUT2D eigenvalue weighted by molar-refractivity contribution is 9.10. The van der Waals surface area contributed by atoms with Crippen LogP contribution in [0.1, 0.15) is 17.7 Å². The molecular weight excluding hydrogens is 372 g/mol. The summed E-state index contributed by atoms with van der Waals surface area (Å²) >= 11 is 5.10. The zero-order valence-corrected chi connectivity index (χ0v) is 14.4. The van der Waals surface area contributed by atoms with E-state index in [1.54, 1.807) is 35.6 Å². The summed E-state index contributed by atoms with van der Waals surface area (Å²) in [5.74, 6) is 0. The lowest BCUT2D eigenvalue weighted by molar-refractivity contribution is 0.581. The van der Waals surface area contributed by atoms with Crippen molar-refractivity contribution < 1.29 is 8.42 Å². The third-order valence-corrected chi connectivity index (χ3v) is 6.39. The van der Waals surface area contributed by atoms with Crippen molar-refractivity contribution in [1.82, 2.24) is 4.72 Å². The summed E-state index contributed by atoms with van der Waals surface area (Å²) in [5, 5.41) is 5.32. The maximum atomic E-state index is 12.0.